The molecular formula is C12H15FN2O2. The van der Waals surface area contributed by atoms with E-state index in [0.29, 0.717) is 5.56 Å². The molecule has 0 saturated carbocycles. The van der Waals surface area contributed by atoms with Crippen LogP contribution in [0.4, 0.5) is 4.39 Å². The number of primary amides is 1. The van der Waals surface area contributed by atoms with Gasteiger partial charge in [-0.15, -0.1) is 0 Å². The quantitative estimate of drug-likeness (QED) is 0.761. The van der Waals surface area contributed by atoms with Crippen molar-refractivity contribution in [1.29, 1.82) is 0 Å². The highest BCUT2D eigenvalue weighted by Gasteiger charge is 2.25. The predicted molar refractivity (Wildman–Crippen MR) is 61.6 cm³/mol. The Morgan fingerprint density at radius 3 is 2.47 bits per heavy atom. The highest BCUT2D eigenvalue weighted by Crippen LogP contribution is 2.24. The van der Waals surface area contributed by atoms with E-state index in [1.54, 1.807) is 32.0 Å². The van der Waals surface area contributed by atoms with E-state index in [-0.39, 0.29) is 12.4 Å². The highest BCUT2D eigenvalue weighted by atomic mass is 19.1. The molecule has 0 aromatic heterocycles. The van der Waals surface area contributed by atoms with Crippen LogP contribution in [0, 0.1) is 5.82 Å². The zero-order valence-corrected chi connectivity index (χ0v) is 9.79. The molecule has 0 atom stereocenters. The van der Waals surface area contributed by atoms with E-state index in [9.17, 15) is 14.0 Å². The molecule has 0 aliphatic carbocycles. The Hall–Kier alpha value is -1.91. The molecule has 0 aliphatic heterocycles. The average Bonchev–Trinajstić information content (AvgIpc) is 2.26. The number of benzene rings is 1. The van der Waals surface area contributed by atoms with Crippen molar-refractivity contribution in [1.82, 2.24) is 5.32 Å². The van der Waals surface area contributed by atoms with E-state index in [4.69, 9.17) is 5.73 Å². The van der Waals surface area contributed by atoms with Gasteiger partial charge in [0, 0.05) is 12.0 Å². The summed E-state index contributed by atoms with van der Waals surface area (Å²) in [7, 11) is 0. The van der Waals surface area contributed by atoms with E-state index < -0.39 is 17.2 Å². The molecule has 92 valence electrons. The Morgan fingerprint density at radius 1 is 1.35 bits per heavy atom. The molecule has 0 unspecified atom stereocenters. The van der Waals surface area contributed by atoms with E-state index >= 15 is 0 Å². The second kappa shape index (κ2) is 4.95. The van der Waals surface area contributed by atoms with Crippen molar-refractivity contribution in [2.24, 2.45) is 5.73 Å². The van der Waals surface area contributed by atoms with Crippen LogP contribution in [0.5, 0.6) is 0 Å². The van der Waals surface area contributed by atoms with Gasteiger partial charge in [0.1, 0.15) is 5.82 Å². The maximum absolute atomic E-state index is 13.6. The summed E-state index contributed by atoms with van der Waals surface area (Å²) in [6.07, 6.45) is 0. The normalized spacial score (nSPS) is 11.0. The molecule has 0 heterocycles. The number of carbonyl (C=O) groups is 2. The van der Waals surface area contributed by atoms with Gasteiger partial charge in [0.25, 0.3) is 0 Å². The van der Waals surface area contributed by atoms with Gasteiger partial charge in [-0.3, -0.25) is 9.59 Å². The van der Waals surface area contributed by atoms with Crippen LogP contribution in [0.25, 0.3) is 0 Å². The SMILES string of the molecule is CC(C)(CNC(=O)C(N)=O)c1ccccc1F. The van der Waals surface area contributed by atoms with Crippen molar-refractivity contribution in [3.63, 3.8) is 0 Å². The summed E-state index contributed by atoms with van der Waals surface area (Å²) >= 11 is 0. The molecule has 17 heavy (non-hydrogen) atoms. The first kappa shape index (κ1) is 13.2. The van der Waals surface area contributed by atoms with Crippen molar-refractivity contribution in [2.45, 2.75) is 19.3 Å². The fraction of sp³-hybridized carbons (Fsp3) is 0.333. The van der Waals surface area contributed by atoms with Crippen LogP contribution < -0.4 is 11.1 Å². The minimum Gasteiger partial charge on any atom is -0.361 e. The summed E-state index contributed by atoms with van der Waals surface area (Å²) in [5.74, 6) is -2.26. The van der Waals surface area contributed by atoms with Crippen molar-refractivity contribution in [2.75, 3.05) is 6.54 Å². The number of hydrogen-bond donors (Lipinski definition) is 2. The molecule has 1 aromatic carbocycles. The second-order valence-corrected chi connectivity index (χ2v) is 4.41. The second-order valence-electron chi connectivity index (χ2n) is 4.41. The minimum atomic E-state index is -1.05. The molecule has 4 nitrogen and oxygen atoms in total. The molecule has 0 bridgehead atoms. The zero-order valence-electron chi connectivity index (χ0n) is 9.79. The van der Waals surface area contributed by atoms with Gasteiger partial charge in [0.05, 0.1) is 0 Å². The monoisotopic (exact) mass is 238 g/mol. The summed E-state index contributed by atoms with van der Waals surface area (Å²) in [5, 5.41) is 2.37. The number of hydrogen-bond acceptors (Lipinski definition) is 2. The fourth-order valence-corrected chi connectivity index (χ4v) is 1.49. The largest absolute Gasteiger partial charge is 0.361 e. The summed E-state index contributed by atoms with van der Waals surface area (Å²) in [6.45, 7) is 3.68. The van der Waals surface area contributed by atoms with Crippen molar-refractivity contribution < 1.29 is 14.0 Å². The maximum atomic E-state index is 13.6. The van der Waals surface area contributed by atoms with Crippen LogP contribution in [0.1, 0.15) is 19.4 Å². The number of rotatable bonds is 3. The Kier molecular flexibility index (Phi) is 3.83. The number of nitrogens with two attached hydrogens (primary N) is 1. The lowest BCUT2D eigenvalue weighted by atomic mass is 9.84. The van der Waals surface area contributed by atoms with Crippen LogP contribution in [-0.2, 0) is 15.0 Å². The standard InChI is InChI=1S/C12H15FN2O2/c1-12(2,7-15-11(17)10(14)16)8-5-3-4-6-9(8)13/h3-6H,7H2,1-2H3,(H2,14,16)(H,15,17). The first-order valence-corrected chi connectivity index (χ1v) is 5.17. The summed E-state index contributed by atoms with van der Waals surface area (Å²) in [6, 6.07) is 6.31. The molecule has 2 amide bonds. The number of carbonyl (C=O) groups excluding carboxylic acids is 2. The summed E-state index contributed by atoms with van der Waals surface area (Å²) in [4.78, 5) is 21.6. The molecule has 0 aliphatic rings. The van der Waals surface area contributed by atoms with Crippen molar-refractivity contribution >= 4 is 11.8 Å². The summed E-state index contributed by atoms with van der Waals surface area (Å²) in [5.41, 5.74) is 4.67. The van der Waals surface area contributed by atoms with Gasteiger partial charge >= 0.3 is 11.8 Å². The first-order valence-electron chi connectivity index (χ1n) is 5.17. The molecule has 0 spiro atoms. The third kappa shape index (κ3) is 3.27. The third-order valence-corrected chi connectivity index (χ3v) is 2.52. The lowest BCUT2D eigenvalue weighted by Crippen LogP contribution is -2.42. The minimum absolute atomic E-state index is 0.135. The fourth-order valence-electron chi connectivity index (χ4n) is 1.49. The van der Waals surface area contributed by atoms with Crippen LogP contribution in [0.2, 0.25) is 0 Å². The van der Waals surface area contributed by atoms with Crippen molar-refractivity contribution in [3.8, 4) is 0 Å². The van der Waals surface area contributed by atoms with Crippen molar-refractivity contribution in [3.05, 3.63) is 35.6 Å². The van der Waals surface area contributed by atoms with Crippen LogP contribution in [0.3, 0.4) is 0 Å². The van der Waals surface area contributed by atoms with Crippen LogP contribution >= 0.6 is 0 Å². The Balaban J connectivity index is 2.79. The van der Waals surface area contributed by atoms with E-state index in [0.717, 1.165) is 0 Å². The van der Waals surface area contributed by atoms with E-state index in [1.165, 1.54) is 6.07 Å². The van der Waals surface area contributed by atoms with Gasteiger partial charge in [-0.1, -0.05) is 32.0 Å². The number of halogens is 1. The molecule has 1 rings (SSSR count). The number of nitrogens with one attached hydrogen (secondary N) is 1. The molecule has 5 heteroatoms. The Bertz CT molecular complexity index is 444. The molecular weight excluding hydrogens is 223 g/mol. The lowest BCUT2D eigenvalue weighted by molar-refractivity contribution is -0.137. The lowest BCUT2D eigenvalue weighted by Gasteiger charge is -2.25. The van der Waals surface area contributed by atoms with Gasteiger partial charge in [-0.2, -0.15) is 0 Å². The highest BCUT2D eigenvalue weighted by molar-refractivity contribution is 6.34. The zero-order chi connectivity index (χ0) is 13.1. The Labute approximate surface area is 99.0 Å². The summed E-state index contributed by atoms with van der Waals surface area (Å²) < 4.78 is 13.6. The van der Waals surface area contributed by atoms with Gasteiger partial charge in [0.2, 0.25) is 0 Å². The van der Waals surface area contributed by atoms with Gasteiger partial charge in [0.15, 0.2) is 0 Å². The topological polar surface area (TPSA) is 72.2 Å². The average molecular weight is 238 g/mol. The maximum Gasteiger partial charge on any atom is 0.309 e. The van der Waals surface area contributed by atoms with Gasteiger partial charge < -0.3 is 11.1 Å². The molecule has 3 N–H and O–H groups in total. The van der Waals surface area contributed by atoms with Crippen LogP contribution in [0.15, 0.2) is 24.3 Å². The first-order chi connectivity index (χ1) is 7.84. The van der Waals surface area contributed by atoms with Crippen LogP contribution in [-0.4, -0.2) is 18.4 Å². The van der Waals surface area contributed by atoms with Gasteiger partial charge in [-0.05, 0) is 11.6 Å². The van der Waals surface area contributed by atoms with E-state index in [1.807, 2.05) is 0 Å². The smallest absolute Gasteiger partial charge is 0.309 e. The van der Waals surface area contributed by atoms with E-state index in [2.05, 4.69) is 5.32 Å². The predicted octanol–water partition coefficient (Wildman–Crippen LogP) is 0.705. The molecule has 1 aromatic rings. The third-order valence-electron chi connectivity index (χ3n) is 2.52. The number of amides is 2. The molecule has 0 saturated heterocycles. The molecule has 0 radical (unpaired) electrons. The Morgan fingerprint density at radius 2 is 1.94 bits per heavy atom. The van der Waals surface area contributed by atoms with Gasteiger partial charge in [-0.25, -0.2) is 4.39 Å². The molecule has 0 fully saturated rings.